The van der Waals surface area contributed by atoms with E-state index in [0.717, 1.165) is 13.0 Å². The normalized spacial score (nSPS) is 21.4. The van der Waals surface area contributed by atoms with Gasteiger partial charge in [-0.1, -0.05) is 35.9 Å². The monoisotopic (exact) mass is 348 g/mol. The molecule has 0 N–H and O–H groups in total. The number of hydrogen-bond acceptors (Lipinski definition) is 4. The van der Waals surface area contributed by atoms with Gasteiger partial charge in [0.25, 0.3) is 0 Å². The lowest BCUT2D eigenvalue weighted by molar-refractivity contribution is -0.131. The van der Waals surface area contributed by atoms with Crippen molar-refractivity contribution < 1.29 is 13.2 Å². The minimum atomic E-state index is -2.89. The Kier molecular flexibility index (Phi) is 5.06. The molecule has 1 aromatic rings. The second-order valence-electron chi connectivity index (χ2n) is 6.61. The summed E-state index contributed by atoms with van der Waals surface area (Å²) in [5.74, 6) is 0.420. The molecule has 6 heteroatoms. The predicted octanol–water partition coefficient (Wildman–Crippen LogP) is 1.34. The molecule has 3 rings (SSSR count). The fourth-order valence-corrected chi connectivity index (χ4v) is 4.40. The number of amides is 1. The smallest absolute Gasteiger partial charge is 0.237 e. The molecule has 0 atom stereocenters. The van der Waals surface area contributed by atoms with Gasteiger partial charge in [0.05, 0.1) is 18.1 Å². The number of sulfone groups is 1. The number of aryl methyl sites for hydroxylation is 1. The van der Waals surface area contributed by atoms with Crippen LogP contribution >= 0.6 is 0 Å². The molecular weight excluding hydrogens is 324 g/mol. The summed E-state index contributed by atoms with van der Waals surface area (Å²) in [7, 11) is -2.89. The molecule has 1 amide bonds. The van der Waals surface area contributed by atoms with Crippen LogP contribution in [0, 0.1) is 6.92 Å². The average molecular weight is 348 g/mol. The van der Waals surface area contributed by atoms with E-state index in [0.29, 0.717) is 26.2 Å². The minimum Gasteiger partial charge on any atom is -0.338 e. The van der Waals surface area contributed by atoms with E-state index in [9.17, 15) is 13.2 Å². The second kappa shape index (κ2) is 7.07. The first-order valence-corrected chi connectivity index (χ1v) is 10.2. The van der Waals surface area contributed by atoms with Crippen molar-refractivity contribution in [1.82, 2.24) is 9.80 Å². The molecule has 2 aliphatic heterocycles. The lowest BCUT2D eigenvalue weighted by Gasteiger charge is -2.31. The summed E-state index contributed by atoms with van der Waals surface area (Å²) in [6.07, 6.45) is 3.00. The predicted molar refractivity (Wildman–Crippen MR) is 95.4 cm³/mol. The van der Waals surface area contributed by atoms with Crippen LogP contribution in [0.4, 0.5) is 0 Å². The number of hydrogen-bond donors (Lipinski definition) is 0. The lowest BCUT2D eigenvalue weighted by atomic mass is 9.98. The molecular formula is C18H24N2O3S. The van der Waals surface area contributed by atoms with E-state index in [-0.39, 0.29) is 17.4 Å². The van der Waals surface area contributed by atoms with Gasteiger partial charge in [-0.05, 0) is 24.5 Å². The largest absolute Gasteiger partial charge is 0.338 e. The maximum atomic E-state index is 12.4. The van der Waals surface area contributed by atoms with Gasteiger partial charge < -0.3 is 4.90 Å². The fraction of sp³-hybridized carbons (Fsp3) is 0.500. The van der Waals surface area contributed by atoms with Gasteiger partial charge in [-0.2, -0.15) is 0 Å². The fourth-order valence-electron chi connectivity index (χ4n) is 3.13. The highest BCUT2D eigenvalue weighted by Gasteiger charge is 2.25. The highest BCUT2D eigenvalue weighted by Crippen LogP contribution is 2.22. The van der Waals surface area contributed by atoms with Crippen LogP contribution in [0.1, 0.15) is 17.5 Å². The molecule has 0 aliphatic carbocycles. The first-order valence-electron chi connectivity index (χ1n) is 8.39. The van der Waals surface area contributed by atoms with Crippen LogP contribution in [0.25, 0.3) is 5.57 Å². The third-order valence-corrected chi connectivity index (χ3v) is 6.39. The Morgan fingerprint density at radius 2 is 1.75 bits per heavy atom. The third-order valence-electron chi connectivity index (χ3n) is 4.78. The van der Waals surface area contributed by atoms with Crippen LogP contribution in [0.2, 0.25) is 0 Å². The summed E-state index contributed by atoms with van der Waals surface area (Å²) >= 11 is 0. The lowest BCUT2D eigenvalue weighted by Crippen LogP contribution is -2.47. The van der Waals surface area contributed by atoms with Gasteiger partial charge in [-0.25, -0.2) is 8.42 Å². The molecule has 5 nitrogen and oxygen atoms in total. The van der Waals surface area contributed by atoms with Crippen molar-refractivity contribution in [3.63, 3.8) is 0 Å². The van der Waals surface area contributed by atoms with Crippen LogP contribution in [0.15, 0.2) is 30.3 Å². The maximum Gasteiger partial charge on any atom is 0.237 e. The molecule has 1 aromatic carbocycles. The summed E-state index contributed by atoms with van der Waals surface area (Å²) in [6, 6.07) is 8.48. The standard InChI is InChI=1S/C18H24N2O3S/c1-15-2-4-16(5-3-15)17-6-8-20(9-7-17)18(21)14-19-10-12-24(22,23)13-11-19/h2-6H,7-14H2,1H3. The van der Waals surface area contributed by atoms with Gasteiger partial charge >= 0.3 is 0 Å². The van der Waals surface area contributed by atoms with Gasteiger partial charge in [0.15, 0.2) is 9.84 Å². The van der Waals surface area contributed by atoms with Crippen LogP contribution in [0.3, 0.4) is 0 Å². The second-order valence-corrected chi connectivity index (χ2v) is 8.92. The number of carbonyl (C=O) groups is 1. The number of nitrogens with zero attached hydrogens (tertiary/aromatic N) is 2. The molecule has 0 bridgehead atoms. The highest BCUT2D eigenvalue weighted by atomic mass is 32.2. The molecule has 0 unspecified atom stereocenters. The molecule has 24 heavy (non-hydrogen) atoms. The van der Waals surface area contributed by atoms with E-state index in [2.05, 4.69) is 37.3 Å². The molecule has 0 saturated carbocycles. The Labute approximate surface area is 143 Å². The SMILES string of the molecule is Cc1ccc(C2=CCN(C(=O)CN3CCS(=O)(=O)CC3)CC2)cc1. The zero-order valence-electron chi connectivity index (χ0n) is 14.1. The summed E-state index contributed by atoms with van der Waals surface area (Å²) in [5.41, 5.74) is 3.77. The minimum absolute atomic E-state index is 0.0912. The molecule has 0 aromatic heterocycles. The Morgan fingerprint density at radius 3 is 2.33 bits per heavy atom. The van der Waals surface area contributed by atoms with Crippen molar-refractivity contribution in [2.24, 2.45) is 0 Å². The number of benzene rings is 1. The third kappa shape index (κ3) is 4.24. The van der Waals surface area contributed by atoms with Crippen molar-refractivity contribution in [3.05, 3.63) is 41.5 Å². The summed E-state index contributed by atoms with van der Waals surface area (Å²) in [6.45, 7) is 4.69. The Hall–Kier alpha value is -1.66. The van der Waals surface area contributed by atoms with Crippen LogP contribution in [0.5, 0.6) is 0 Å². The molecule has 1 fully saturated rings. The van der Waals surface area contributed by atoms with Crippen molar-refractivity contribution in [2.75, 3.05) is 44.2 Å². The van der Waals surface area contributed by atoms with Gasteiger partial charge in [-0.15, -0.1) is 0 Å². The first-order chi connectivity index (χ1) is 11.4. The molecule has 1 saturated heterocycles. The molecule has 2 heterocycles. The summed E-state index contributed by atoms with van der Waals surface area (Å²) in [4.78, 5) is 16.2. The Morgan fingerprint density at radius 1 is 1.08 bits per heavy atom. The molecule has 2 aliphatic rings. The van der Waals surface area contributed by atoms with Crippen LogP contribution < -0.4 is 0 Å². The van der Waals surface area contributed by atoms with E-state index in [4.69, 9.17) is 0 Å². The van der Waals surface area contributed by atoms with Crippen LogP contribution in [-0.2, 0) is 14.6 Å². The summed E-state index contributed by atoms with van der Waals surface area (Å²) < 4.78 is 22.9. The number of rotatable bonds is 3. The Bertz CT molecular complexity index is 724. The quantitative estimate of drug-likeness (QED) is 0.827. The van der Waals surface area contributed by atoms with Gasteiger partial charge in [0, 0.05) is 26.2 Å². The van der Waals surface area contributed by atoms with Gasteiger partial charge in [0.1, 0.15) is 0 Å². The maximum absolute atomic E-state index is 12.4. The van der Waals surface area contributed by atoms with Crippen molar-refractivity contribution in [1.29, 1.82) is 0 Å². The van der Waals surface area contributed by atoms with E-state index >= 15 is 0 Å². The first kappa shape index (κ1) is 17.2. The van der Waals surface area contributed by atoms with Crippen molar-refractivity contribution >= 4 is 21.3 Å². The Balaban J connectivity index is 1.54. The van der Waals surface area contributed by atoms with E-state index in [1.54, 1.807) is 0 Å². The molecule has 130 valence electrons. The molecule has 0 radical (unpaired) electrons. The topological polar surface area (TPSA) is 57.7 Å². The van der Waals surface area contributed by atoms with Gasteiger partial charge in [0.2, 0.25) is 5.91 Å². The highest BCUT2D eigenvalue weighted by molar-refractivity contribution is 7.91. The van der Waals surface area contributed by atoms with E-state index in [1.807, 2.05) is 9.80 Å². The van der Waals surface area contributed by atoms with Crippen molar-refractivity contribution in [2.45, 2.75) is 13.3 Å². The van der Waals surface area contributed by atoms with Crippen molar-refractivity contribution in [3.8, 4) is 0 Å². The average Bonchev–Trinajstić information content (AvgIpc) is 2.58. The van der Waals surface area contributed by atoms with E-state index < -0.39 is 9.84 Å². The van der Waals surface area contributed by atoms with E-state index in [1.165, 1.54) is 16.7 Å². The zero-order chi connectivity index (χ0) is 17.2. The molecule has 0 spiro atoms. The zero-order valence-corrected chi connectivity index (χ0v) is 14.9. The summed E-state index contributed by atoms with van der Waals surface area (Å²) in [5, 5.41) is 0. The van der Waals surface area contributed by atoms with Crippen LogP contribution in [-0.4, -0.2) is 68.4 Å². The number of carbonyl (C=O) groups excluding carboxylic acids is 1. The van der Waals surface area contributed by atoms with Gasteiger partial charge in [-0.3, -0.25) is 9.69 Å².